The number of hydrogen-bond acceptors (Lipinski definition) is 5. The van der Waals surface area contributed by atoms with Gasteiger partial charge in [0.2, 0.25) is 0 Å². The summed E-state index contributed by atoms with van der Waals surface area (Å²) in [6, 6.07) is 6.07. The zero-order valence-electron chi connectivity index (χ0n) is 14.7. The first kappa shape index (κ1) is 18.1. The molecule has 0 saturated heterocycles. The van der Waals surface area contributed by atoms with Crippen molar-refractivity contribution in [3.63, 3.8) is 0 Å². The molecule has 0 spiro atoms. The number of nitrogens with zero attached hydrogens (tertiary/aromatic N) is 1. The van der Waals surface area contributed by atoms with E-state index in [9.17, 15) is 4.79 Å². The fourth-order valence-corrected chi connectivity index (χ4v) is 4.08. The number of methoxy groups -OCH3 is 1. The number of esters is 1. The van der Waals surface area contributed by atoms with Crippen LogP contribution >= 0.6 is 11.3 Å². The molecule has 1 aromatic heterocycles. The van der Waals surface area contributed by atoms with Crippen molar-refractivity contribution >= 4 is 35.8 Å². The minimum Gasteiger partial charge on any atom is -0.469 e. The molecule has 1 aromatic carbocycles. The Bertz CT molecular complexity index is 690. The van der Waals surface area contributed by atoms with Crippen LogP contribution in [0.4, 0.5) is 0 Å². The molecular formula is C17H25NO3SSi. The SMILES string of the molecule is COC(=O)C[C@H](O[Si](C)(C)C(C)(C)C)c1ccc2ncsc2c1. The van der Waals surface area contributed by atoms with Gasteiger partial charge in [-0.3, -0.25) is 4.79 Å². The molecule has 23 heavy (non-hydrogen) atoms. The van der Waals surface area contributed by atoms with Crippen molar-refractivity contribution in [3.8, 4) is 0 Å². The van der Waals surface area contributed by atoms with E-state index in [4.69, 9.17) is 9.16 Å². The normalized spacial score (nSPS) is 14.0. The van der Waals surface area contributed by atoms with Crippen molar-refractivity contribution in [2.45, 2.75) is 51.4 Å². The highest BCUT2D eigenvalue weighted by molar-refractivity contribution is 7.16. The second-order valence-corrected chi connectivity index (χ2v) is 12.9. The van der Waals surface area contributed by atoms with E-state index in [1.807, 2.05) is 17.6 Å². The Morgan fingerprint density at radius 1 is 1.35 bits per heavy atom. The highest BCUT2D eigenvalue weighted by Crippen LogP contribution is 2.41. The van der Waals surface area contributed by atoms with E-state index in [0.717, 1.165) is 15.8 Å². The van der Waals surface area contributed by atoms with E-state index >= 15 is 0 Å². The van der Waals surface area contributed by atoms with Gasteiger partial charge in [0.1, 0.15) is 0 Å². The van der Waals surface area contributed by atoms with Crippen LogP contribution in [-0.4, -0.2) is 26.4 Å². The van der Waals surface area contributed by atoms with Gasteiger partial charge in [-0.1, -0.05) is 26.8 Å². The van der Waals surface area contributed by atoms with Gasteiger partial charge in [0.05, 0.1) is 35.4 Å². The van der Waals surface area contributed by atoms with E-state index in [2.05, 4.69) is 44.9 Å². The first-order valence-corrected chi connectivity index (χ1v) is 11.5. The minimum absolute atomic E-state index is 0.0793. The van der Waals surface area contributed by atoms with Crippen molar-refractivity contribution in [2.24, 2.45) is 0 Å². The lowest BCUT2D eigenvalue weighted by molar-refractivity contribution is -0.142. The van der Waals surface area contributed by atoms with Crippen LogP contribution in [0.3, 0.4) is 0 Å². The number of thiazole rings is 1. The largest absolute Gasteiger partial charge is 0.469 e. The predicted molar refractivity (Wildman–Crippen MR) is 97.3 cm³/mol. The number of rotatable bonds is 5. The molecule has 0 aliphatic carbocycles. The third kappa shape index (κ3) is 4.19. The molecule has 0 radical (unpaired) electrons. The zero-order valence-corrected chi connectivity index (χ0v) is 16.5. The van der Waals surface area contributed by atoms with Gasteiger partial charge in [-0.15, -0.1) is 11.3 Å². The van der Waals surface area contributed by atoms with E-state index < -0.39 is 8.32 Å². The molecule has 4 nitrogen and oxygen atoms in total. The Balaban J connectivity index is 2.35. The fourth-order valence-electron chi connectivity index (χ4n) is 2.07. The summed E-state index contributed by atoms with van der Waals surface area (Å²) >= 11 is 1.60. The Hall–Kier alpha value is -1.24. The van der Waals surface area contributed by atoms with Gasteiger partial charge in [-0.05, 0) is 35.8 Å². The van der Waals surface area contributed by atoms with Crippen LogP contribution < -0.4 is 0 Å². The molecular weight excluding hydrogens is 326 g/mol. The lowest BCUT2D eigenvalue weighted by atomic mass is 10.1. The second kappa shape index (κ2) is 6.71. The van der Waals surface area contributed by atoms with Gasteiger partial charge in [-0.25, -0.2) is 4.98 Å². The molecule has 6 heteroatoms. The van der Waals surface area contributed by atoms with Crippen LogP contribution in [0.15, 0.2) is 23.7 Å². The summed E-state index contributed by atoms with van der Waals surface area (Å²) in [4.78, 5) is 16.2. The summed E-state index contributed by atoms with van der Waals surface area (Å²) in [6.07, 6.45) is -0.0531. The molecule has 2 rings (SSSR count). The van der Waals surface area contributed by atoms with Crippen LogP contribution in [0.1, 0.15) is 38.9 Å². The summed E-state index contributed by atoms with van der Waals surface area (Å²) in [5.41, 5.74) is 3.82. The van der Waals surface area contributed by atoms with Gasteiger partial charge in [-0.2, -0.15) is 0 Å². The van der Waals surface area contributed by atoms with Crippen LogP contribution in [-0.2, 0) is 14.0 Å². The highest BCUT2D eigenvalue weighted by Gasteiger charge is 2.40. The van der Waals surface area contributed by atoms with Gasteiger partial charge >= 0.3 is 5.97 Å². The number of benzene rings is 1. The summed E-state index contributed by atoms with van der Waals surface area (Å²) in [5, 5.41) is 0.0793. The molecule has 2 aromatic rings. The van der Waals surface area contributed by atoms with Crippen molar-refractivity contribution in [1.29, 1.82) is 0 Å². The third-order valence-corrected chi connectivity index (χ3v) is 9.83. The lowest BCUT2D eigenvalue weighted by Gasteiger charge is -2.39. The predicted octanol–water partition coefficient (Wildman–Crippen LogP) is 4.92. The average Bonchev–Trinajstić information content (AvgIpc) is 2.92. The van der Waals surface area contributed by atoms with E-state index in [1.165, 1.54) is 7.11 Å². The lowest BCUT2D eigenvalue weighted by Crippen LogP contribution is -2.42. The summed E-state index contributed by atoms with van der Waals surface area (Å²) in [6.45, 7) is 11.0. The van der Waals surface area contributed by atoms with Crippen LogP contribution in [0, 0.1) is 0 Å². The van der Waals surface area contributed by atoms with Gasteiger partial charge < -0.3 is 9.16 Å². The van der Waals surface area contributed by atoms with E-state index in [1.54, 1.807) is 11.3 Å². The average molecular weight is 352 g/mol. The zero-order chi connectivity index (χ0) is 17.3. The molecule has 0 saturated carbocycles. The topological polar surface area (TPSA) is 48.4 Å². The number of fused-ring (bicyclic) bond motifs is 1. The standard InChI is InChI=1S/C17H25NO3SSi/c1-17(2,3)23(5,6)21-14(10-16(19)20-4)12-7-8-13-15(9-12)22-11-18-13/h7-9,11,14H,10H2,1-6H3/t14-/m0/s1. The van der Waals surface area contributed by atoms with Gasteiger partial charge in [0, 0.05) is 0 Å². The van der Waals surface area contributed by atoms with Crippen LogP contribution in [0.25, 0.3) is 10.2 Å². The van der Waals surface area contributed by atoms with Crippen LogP contribution in [0.5, 0.6) is 0 Å². The molecule has 1 atom stereocenters. The maximum Gasteiger partial charge on any atom is 0.308 e. The third-order valence-electron chi connectivity index (χ3n) is 4.55. The quantitative estimate of drug-likeness (QED) is 0.566. The molecule has 0 unspecified atom stereocenters. The number of aromatic nitrogens is 1. The number of hydrogen-bond donors (Lipinski definition) is 0. The minimum atomic E-state index is -2.00. The first-order valence-electron chi connectivity index (χ1n) is 7.72. The smallest absolute Gasteiger partial charge is 0.308 e. The number of carbonyl (C=O) groups excluding carboxylic acids is 1. The number of ether oxygens (including phenoxy) is 1. The first-order chi connectivity index (χ1) is 10.6. The summed E-state index contributed by atoms with van der Waals surface area (Å²) in [7, 11) is -0.587. The Labute approximate surface area is 143 Å². The van der Waals surface area contributed by atoms with E-state index in [-0.39, 0.29) is 23.5 Å². The molecule has 1 heterocycles. The maximum atomic E-state index is 11.8. The Morgan fingerprint density at radius 3 is 2.65 bits per heavy atom. The van der Waals surface area contributed by atoms with E-state index in [0.29, 0.717) is 0 Å². The maximum absolute atomic E-state index is 11.8. The van der Waals surface area contributed by atoms with Gasteiger partial charge in [0.15, 0.2) is 8.32 Å². The molecule has 0 bridgehead atoms. The molecule has 0 fully saturated rings. The second-order valence-electron chi connectivity index (χ2n) is 7.23. The Kier molecular flexibility index (Phi) is 5.28. The van der Waals surface area contributed by atoms with Gasteiger partial charge in [0.25, 0.3) is 0 Å². The molecule has 126 valence electrons. The highest BCUT2D eigenvalue weighted by atomic mass is 32.1. The molecule has 0 N–H and O–H groups in total. The summed E-state index contributed by atoms with van der Waals surface area (Å²) < 4.78 is 12.5. The summed E-state index contributed by atoms with van der Waals surface area (Å²) in [5.74, 6) is -0.252. The molecule has 0 amide bonds. The monoisotopic (exact) mass is 351 g/mol. The Morgan fingerprint density at radius 2 is 2.04 bits per heavy atom. The van der Waals surface area contributed by atoms with Crippen molar-refractivity contribution < 1.29 is 14.0 Å². The van der Waals surface area contributed by atoms with Crippen molar-refractivity contribution in [2.75, 3.05) is 7.11 Å². The number of carbonyl (C=O) groups is 1. The van der Waals surface area contributed by atoms with Crippen molar-refractivity contribution in [1.82, 2.24) is 4.98 Å². The molecule has 0 aliphatic rings. The van der Waals surface area contributed by atoms with Crippen LogP contribution in [0.2, 0.25) is 18.1 Å². The fraction of sp³-hybridized carbons (Fsp3) is 0.529. The van der Waals surface area contributed by atoms with Crippen molar-refractivity contribution in [3.05, 3.63) is 29.3 Å². The molecule has 0 aliphatic heterocycles.